The molecule has 0 saturated heterocycles. The molecule has 1 heterocycles. The molecule has 0 spiro atoms. The molecule has 3 unspecified atom stereocenters. The van der Waals surface area contributed by atoms with Gasteiger partial charge in [-0.2, -0.15) is 0 Å². The lowest BCUT2D eigenvalue weighted by molar-refractivity contribution is -0.325. The topological polar surface area (TPSA) is 213 Å². The van der Waals surface area contributed by atoms with Crippen LogP contribution < -0.4 is 15.4 Å². The molecule has 0 aliphatic heterocycles. The molecule has 5 aromatic rings. The van der Waals surface area contributed by atoms with Gasteiger partial charge >= 0.3 is 23.9 Å². The molecule has 2 N–H and O–H groups in total. The number of carbonyl (C=O) groups excluding carboxylic acids is 6. The number of benzene rings is 4. The van der Waals surface area contributed by atoms with Gasteiger partial charge in [-0.05, 0) is 86.8 Å². The zero-order valence-electron chi connectivity index (χ0n) is 46.1. The smallest absolute Gasteiger partial charge is 0.347 e. The van der Waals surface area contributed by atoms with Gasteiger partial charge < -0.3 is 29.6 Å². The molecular formula is C60H77Cl2N5O12. The Morgan fingerprint density at radius 1 is 0.570 bits per heavy atom. The zero-order chi connectivity index (χ0) is 56.8. The molecule has 2 amide bonds. The van der Waals surface area contributed by atoms with E-state index in [9.17, 15) is 28.8 Å². The van der Waals surface area contributed by atoms with Gasteiger partial charge in [-0.15, -0.1) is 5.10 Å². The number of anilines is 2. The van der Waals surface area contributed by atoms with E-state index in [0.29, 0.717) is 12.0 Å². The fraction of sp³-hybridized carbons (Fsp3) is 0.500. The van der Waals surface area contributed by atoms with Crippen molar-refractivity contribution >= 4 is 81.3 Å². The molecule has 3 atom stereocenters. The summed E-state index contributed by atoms with van der Waals surface area (Å²) >= 11 is 13.2. The number of amides is 2. The lowest BCUT2D eigenvalue weighted by atomic mass is 10.1. The molecule has 0 radical (unpaired) electrons. The highest BCUT2D eigenvalue weighted by Gasteiger charge is 2.34. The summed E-state index contributed by atoms with van der Waals surface area (Å²) in [4.78, 5) is 92.1. The van der Waals surface area contributed by atoms with Gasteiger partial charge in [-0.25, -0.2) is 33.6 Å². The third-order valence-electron chi connectivity index (χ3n) is 13.0. The number of hydrogen-bond acceptors (Lipinski definition) is 14. The number of esters is 4. The van der Waals surface area contributed by atoms with Crippen LogP contribution in [0.25, 0.3) is 11.0 Å². The van der Waals surface area contributed by atoms with Gasteiger partial charge in [0.05, 0.1) is 51.3 Å². The minimum absolute atomic E-state index is 0.00651. The number of hydrogen-bond donors (Lipinski definition) is 2. The van der Waals surface area contributed by atoms with Crippen LogP contribution in [0.15, 0.2) is 84.9 Å². The fourth-order valence-electron chi connectivity index (χ4n) is 8.50. The van der Waals surface area contributed by atoms with Crippen LogP contribution >= 0.6 is 23.2 Å². The second kappa shape index (κ2) is 35.3. The molecule has 428 valence electrons. The third-order valence-corrected chi connectivity index (χ3v) is 13.7. The van der Waals surface area contributed by atoms with E-state index in [1.807, 2.05) is 0 Å². The molecular weight excluding hydrogens is 1050 g/mol. The standard InChI is InChI=1S/C60H77Cl2N5O12/c1-5-7-9-11-13-15-17-19-21-26-37-74-57(70)42(3)77-59(72)45-34-36-49(62)51(40-45)64-56(69)54(67-52-32-28-31-47(53(52)65-66-67)60(73)78-46-29-24-23-25-30-46)55(68)63-50-39-44(33-35-48(50)61)41-76-79-43(4)58(71)75-38-27-22-20-18-16-14-12-10-8-6-2/h23-25,28-36,39-40,42-43,54H,5-22,26-27,37-38,41H2,1-4H3,(H,63,68)(H,64,69). The van der Waals surface area contributed by atoms with Crippen LogP contribution in [-0.2, 0) is 49.8 Å². The average molecular weight is 1130 g/mol. The number of nitrogens with zero attached hydrogens (tertiary/aromatic N) is 3. The predicted octanol–water partition coefficient (Wildman–Crippen LogP) is 14.1. The summed E-state index contributed by atoms with van der Waals surface area (Å²) in [6.07, 6.45) is 20.6. The Bertz CT molecular complexity index is 2720. The van der Waals surface area contributed by atoms with E-state index in [4.69, 9.17) is 51.9 Å². The fourth-order valence-corrected chi connectivity index (χ4v) is 8.83. The summed E-state index contributed by atoms with van der Waals surface area (Å²) in [5.74, 6) is -4.64. The van der Waals surface area contributed by atoms with Gasteiger partial charge in [0.2, 0.25) is 6.04 Å². The van der Waals surface area contributed by atoms with E-state index >= 15 is 0 Å². The number of ether oxygens (including phenoxy) is 4. The molecule has 19 heteroatoms. The predicted molar refractivity (Wildman–Crippen MR) is 304 cm³/mol. The number of aromatic nitrogens is 3. The van der Waals surface area contributed by atoms with Crippen molar-refractivity contribution in [3.63, 3.8) is 0 Å². The molecule has 0 bridgehead atoms. The Hall–Kier alpha value is -6.40. The van der Waals surface area contributed by atoms with Crippen LogP contribution in [0.4, 0.5) is 11.4 Å². The normalized spacial score (nSPS) is 12.3. The monoisotopic (exact) mass is 1130 g/mol. The lowest BCUT2D eigenvalue weighted by Crippen LogP contribution is -2.37. The van der Waals surface area contributed by atoms with Gasteiger partial charge in [0.1, 0.15) is 17.9 Å². The summed E-state index contributed by atoms with van der Waals surface area (Å²) in [5.41, 5.74) is 0.456. The van der Waals surface area contributed by atoms with Crippen LogP contribution in [-0.4, -0.2) is 76.1 Å². The maximum absolute atomic E-state index is 14.6. The minimum atomic E-state index is -1.88. The van der Waals surface area contributed by atoms with Crippen LogP contribution in [0, 0.1) is 0 Å². The number of carbonyl (C=O) groups is 6. The highest BCUT2D eigenvalue weighted by molar-refractivity contribution is 6.35. The zero-order valence-corrected chi connectivity index (χ0v) is 47.6. The molecule has 4 aromatic carbocycles. The van der Waals surface area contributed by atoms with Gasteiger partial charge in [0.15, 0.2) is 12.2 Å². The first-order valence-corrected chi connectivity index (χ1v) is 28.7. The van der Waals surface area contributed by atoms with Crippen LogP contribution in [0.3, 0.4) is 0 Å². The summed E-state index contributed by atoms with van der Waals surface area (Å²) in [6, 6.07) is 19.5. The van der Waals surface area contributed by atoms with Crippen LogP contribution in [0.5, 0.6) is 5.75 Å². The molecule has 0 saturated carbocycles. The first-order valence-electron chi connectivity index (χ1n) is 27.9. The van der Waals surface area contributed by atoms with Gasteiger partial charge in [-0.1, -0.05) is 188 Å². The first kappa shape index (κ1) is 63.4. The van der Waals surface area contributed by atoms with E-state index in [-0.39, 0.29) is 69.2 Å². The number of para-hydroxylation sites is 1. The Balaban J connectivity index is 1.24. The Labute approximate surface area is 474 Å². The first-order chi connectivity index (χ1) is 38.3. The summed E-state index contributed by atoms with van der Waals surface area (Å²) in [7, 11) is 0. The van der Waals surface area contributed by atoms with Crippen molar-refractivity contribution in [2.75, 3.05) is 23.8 Å². The van der Waals surface area contributed by atoms with Crippen molar-refractivity contribution in [3.8, 4) is 5.75 Å². The highest BCUT2D eigenvalue weighted by Crippen LogP contribution is 2.30. The van der Waals surface area contributed by atoms with E-state index < -0.39 is 53.9 Å². The number of halogens is 2. The minimum Gasteiger partial charge on any atom is -0.464 e. The maximum atomic E-state index is 14.6. The number of rotatable bonds is 37. The molecule has 79 heavy (non-hydrogen) atoms. The molecule has 17 nitrogen and oxygen atoms in total. The Morgan fingerprint density at radius 3 is 1.66 bits per heavy atom. The molecule has 0 aliphatic rings. The lowest BCUT2D eigenvalue weighted by Gasteiger charge is -2.19. The van der Waals surface area contributed by atoms with E-state index in [2.05, 4.69) is 34.8 Å². The molecule has 5 rings (SSSR count). The SMILES string of the molecule is CCCCCCCCCCCCOC(=O)C(C)OOCc1ccc(Cl)c(NC(=O)C(C(=O)Nc2cc(C(=O)OC(C)C(=O)OCCCCCCCCCCCC)ccc2Cl)n2nnc3c(C(=O)Oc4ccccc4)cccc32)c1. The quantitative estimate of drug-likeness (QED) is 0.00720. The molecule has 0 fully saturated rings. The third kappa shape index (κ3) is 21.6. The second-order valence-electron chi connectivity index (χ2n) is 19.5. The van der Waals surface area contributed by atoms with Gasteiger partial charge in [0.25, 0.3) is 11.8 Å². The highest BCUT2D eigenvalue weighted by atomic mass is 35.5. The summed E-state index contributed by atoms with van der Waals surface area (Å²) in [5, 5.41) is 13.8. The summed E-state index contributed by atoms with van der Waals surface area (Å²) < 4.78 is 22.8. The van der Waals surface area contributed by atoms with Crippen molar-refractivity contribution in [1.29, 1.82) is 0 Å². The molecule has 0 aliphatic carbocycles. The van der Waals surface area contributed by atoms with Crippen LogP contribution in [0.2, 0.25) is 10.0 Å². The van der Waals surface area contributed by atoms with Crippen molar-refractivity contribution in [1.82, 2.24) is 15.0 Å². The van der Waals surface area contributed by atoms with E-state index in [1.54, 1.807) is 36.4 Å². The largest absolute Gasteiger partial charge is 0.464 e. The molecule has 1 aromatic heterocycles. The van der Waals surface area contributed by atoms with Crippen molar-refractivity contribution < 1.29 is 57.5 Å². The summed E-state index contributed by atoms with van der Waals surface area (Å²) in [6.45, 7) is 7.63. The number of nitrogens with one attached hydrogen (secondary N) is 2. The van der Waals surface area contributed by atoms with E-state index in [1.165, 1.54) is 146 Å². The Morgan fingerprint density at radius 2 is 1.09 bits per heavy atom. The van der Waals surface area contributed by atoms with Gasteiger partial charge in [0, 0.05) is 0 Å². The van der Waals surface area contributed by atoms with Crippen molar-refractivity contribution in [3.05, 3.63) is 112 Å². The maximum Gasteiger partial charge on any atom is 0.347 e. The Kier molecular flexibility index (Phi) is 28.3. The van der Waals surface area contributed by atoms with Gasteiger partial charge in [-0.3, -0.25) is 9.59 Å². The second-order valence-corrected chi connectivity index (χ2v) is 20.4. The van der Waals surface area contributed by atoms with Crippen LogP contribution in [0.1, 0.15) is 188 Å². The van der Waals surface area contributed by atoms with E-state index in [0.717, 1.165) is 43.2 Å². The average Bonchev–Trinajstić information content (AvgIpc) is 4.02. The number of fused-ring (bicyclic) bond motifs is 1. The van der Waals surface area contributed by atoms with Crippen molar-refractivity contribution in [2.24, 2.45) is 0 Å². The number of unbranched alkanes of at least 4 members (excludes halogenated alkanes) is 18. The van der Waals surface area contributed by atoms with Crippen molar-refractivity contribution in [2.45, 2.75) is 181 Å².